The van der Waals surface area contributed by atoms with Crippen molar-refractivity contribution in [3.63, 3.8) is 0 Å². The van der Waals surface area contributed by atoms with Crippen LogP contribution in [0.3, 0.4) is 0 Å². The molecule has 0 aliphatic heterocycles. The van der Waals surface area contributed by atoms with Crippen LogP contribution >= 0.6 is 12.2 Å². The molecule has 160 valence electrons. The third kappa shape index (κ3) is 5.97. The van der Waals surface area contributed by atoms with Crippen molar-refractivity contribution in [2.45, 2.75) is 18.8 Å². The number of carbonyl (C=O) groups excluding carboxylic acids is 2. The van der Waals surface area contributed by atoms with Gasteiger partial charge in [0.2, 0.25) is 11.7 Å². The van der Waals surface area contributed by atoms with Gasteiger partial charge in [-0.3, -0.25) is 20.2 Å². The van der Waals surface area contributed by atoms with Crippen LogP contribution in [0.15, 0.2) is 42.5 Å². The second kappa shape index (κ2) is 10.7. The van der Waals surface area contributed by atoms with Crippen LogP contribution in [0, 0.1) is 21.4 Å². The minimum Gasteiger partial charge on any atom is -0.502 e. The molecule has 11 heteroatoms. The minimum absolute atomic E-state index is 0.0871. The van der Waals surface area contributed by atoms with Gasteiger partial charge in [0.1, 0.15) is 4.99 Å². The normalized spacial score (nSPS) is 11.1. The Balaban J connectivity index is 2.61. The van der Waals surface area contributed by atoms with E-state index in [2.05, 4.69) is 10.6 Å². The number of amides is 3. The highest BCUT2D eigenvalue weighted by molar-refractivity contribution is 7.80. The fourth-order valence-corrected chi connectivity index (χ4v) is 3.32. The van der Waals surface area contributed by atoms with Crippen molar-refractivity contribution >= 4 is 34.8 Å². The van der Waals surface area contributed by atoms with Crippen molar-refractivity contribution in [2.75, 3.05) is 6.54 Å². The van der Waals surface area contributed by atoms with E-state index in [1.54, 1.807) is 30.3 Å². The molecule has 0 bridgehead atoms. The van der Waals surface area contributed by atoms with Crippen LogP contribution in [0.25, 0.3) is 0 Å². The molecule has 0 aliphatic rings. The van der Waals surface area contributed by atoms with E-state index in [1.807, 2.05) is 6.07 Å². The number of hydrogen-bond acceptors (Lipinski definition) is 7. The largest absolute Gasteiger partial charge is 0.502 e. The Morgan fingerprint density at radius 2 is 1.94 bits per heavy atom. The predicted octanol–water partition coefficient (Wildman–Crippen LogP) is 2.00. The lowest BCUT2D eigenvalue weighted by Gasteiger charge is -2.21. The standard InChI is InChI=1S/C20H19N5O5S/c21-9-4-10-23-18(27)14(11-12-5-2-1-3-6-12)13-7-8-15(25(29)30)17(26)16(13)19(31)24-20(22)28/h1-3,5-8,14,26H,4,10-11H2,(H,23,27)(H3,22,24,28,31). The number of rotatable bonds is 8. The Kier molecular flexibility index (Phi) is 7.99. The Hall–Kier alpha value is -4.04. The summed E-state index contributed by atoms with van der Waals surface area (Å²) in [5, 5.41) is 35.3. The van der Waals surface area contributed by atoms with Gasteiger partial charge >= 0.3 is 11.7 Å². The van der Waals surface area contributed by atoms with Gasteiger partial charge in [0.05, 0.1) is 28.9 Å². The summed E-state index contributed by atoms with van der Waals surface area (Å²) in [5.74, 6) is -2.20. The molecule has 0 radical (unpaired) electrons. The number of phenols is 1. The van der Waals surface area contributed by atoms with E-state index in [9.17, 15) is 24.8 Å². The van der Waals surface area contributed by atoms with E-state index < -0.39 is 34.2 Å². The summed E-state index contributed by atoms with van der Waals surface area (Å²) in [6, 6.07) is 12.2. The van der Waals surface area contributed by atoms with Crippen molar-refractivity contribution in [2.24, 2.45) is 5.73 Å². The fourth-order valence-electron chi connectivity index (χ4n) is 3.00. The molecule has 0 aromatic heterocycles. The third-order valence-electron chi connectivity index (χ3n) is 4.36. The number of thiocarbonyl (C=S) groups is 1. The van der Waals surface area contributed by atoms with Crippen LogP contribution in [-0.2, 0) is 11.2 Å². The topological polar surface area (TPSA) is 171 Å². The number of nitrogens with zero attached hydrogens (tertiary/aromatic N) is 2. The van der Waals surface area contributed by atoms with E-state index in [0.29, 0.717) is 0 Å². The second-order valence-electron chi connectivity index (χ2n) is 6.41. The minimum atomic E-state index is -1.03. The van der Waals surface area contributed by atoms with Gasteiger partial charge in [0.15, 0.2) is 0 Å². The second-order valence-corrected chi connectivity index (χ2v) is 6.82. The average Bonchev–Trinajstić information content (AvgIpc) is 2.71. The number of primary amides is 1. The Bertz CT molecular complexity index is 1050. The van der Waals surface area contributed by atoms with Gasteiger partial charge < -0.3 is 16.2 Å². The zero-order chi connectivity index (χ0) is 23.0. The van der Waals surface area contributed by atoms with E-state index in [0.717, 1.165) is 11.6 Å². The monoisotopic (exact) mass is 441 g/mol. The number of phenolic OH excluding ortho intramolecular Hbond substituents is 1. The number of nitriles is 1. The summed E-state index contributed by atoms with van der Waals surface area (Å²) in [5.41, 5.74) is 5.17. The van der Waals surface area contributed by atoms with Gasteiger partial charge in [-0.25, -0.2) is 4.79 Å². The third-order valence-corrected chi connectivity index (χ3v) is 4.67. The van der Waals surface area contributed by atoms with E-state index >= 15 is 0 Å². The van der Waals surface area contributed by atoms with E-state index in [1.165, 1.54) is 6.07 Å². The lowest BCUT2D eigenvalue weighted by Crippen LogP contribution is -2.36. The zero-order valence-electron chi connectivity index (χ0n) is 16.2. The number of nitrogens with two attached hydrogens (primary N) is 1. The van der Waals surface area contributed by atoms with Crippen molar-refractivity contribution in [3.8, 4) is 11.8 Å². The molecule has 0 heterocycles. The molecule has 0 saturated heterocycles. The maximum Gasteiger partial charge on any atom is 0.317 e. The molecule has 2 aromatic rings. The predicted molar refractivity (Wildman–Crippen MR) is 115 cm³/mol. The van der Waals surface area contributed by atoms with Crippen LogP contribution in [-0.4, -0.2) is 33.5 Å². The van der Waals surface area contributed by atoms with Crippen LogP contribution in [0.5, 0.6) is 5.75 Å². The van der Waals surface area contributed by atoms with Crippen LogP contribution in [0.2, 0.25) is 0 Å². The molecule has 1 unspecified atom stereocenters. The van der Waals surface area contributed by atoms with Crippen LogP contribution < -0.4 is 16.4 Å². The van der Waals surface area contributed by atoms with Crippen molar-refractivity contribution in [3.05, 3.63) is 69.3 Å². The van der Waals surface area contributed by atoms with Gasteiger partial charge in [0.25, 0.3) is 0 Å². The fraction of sp³-hybridized carbons (Fsp3) is 0.200. The lowest BCUT2D eigenvalue weighted by molar-refractivity contribution is -0.385. The molecule has 2 aromatic carbocycles. The van der Waals surface area contributed by atoms with Gasteiger partial charge in [-0.1, -0.05) is 48.6 Å². The van der Waals surface area contributed by atoms with E-state index in [4.69, 9.17) is 23.2 Å². The summed E-state index contributed by atoms with van der Waals surface area (Å²) in [4.78, 5) is 34.4. The number of nitrogens with one attached hydrogen (secondary N) is 2. The number of benzene rings is 2. The molecular formula is C20H19N5O5S. The Labute approximate surface area is 182 Å². The summed E-state index contributed by atoms with van der Waals surface area (Å²) in [6.07, 6.45) is 0.256. The molecule has 31 heavy (non-hydrogen) atoms. The van der Waals surface area contributed by atoms with Gasteiger partial charge in [-0.15, -0.1) is 0 Å². The Morgan fingerprint density at radius 1 is 1.26 bits per heavy atom. The number of hydrogen-bond donors (Lipinski definition) is 4. The quantitative estimate of drug-likeness (QED) is 0.210. The highest BCUT2D eigenvalue weighted by Crippen LogP contribution is 2.37. The maximum atomic E-state index is 13.0. The summed E-state index contributed by atoms with van der Waals surface area (Å²) in [7, 11) is 0. The van der Waals surface area contributed by atoms with Gasteiger partial charge in [-0.2, -0.15) is 5.26 Å². The van der Waals surface area contributed by atoms with Crippen molar-refractivity contribution < 1.29 is 19.6 Å². The SMILES string of the molecule is N#CCCNC(=O)C(Cc1ccccc1)c1ccc([N+](=O)[O-])c(O)c1C(=S)NC(N)=O. The molecule has 0 fully saturated rings. The van der Waals surface area contributed by atoms with Gasteiger partial charge in [-0.05, 0) is 17.5 Å². The van der Waals surface area contributed by atoms with Crippen LogP contribution in [0.1, 0.15) is 29.0 Å². The first kappa shape index (κ1) is 23.2. The zero-order valence-corrected chi connectivity index (χ0v) is 17.0. The molecule has 0 saturated carbocycles. The first-order valence-electron chi connectivity index (χ1n) is 9.05. The summed E-state index contributed by atoms with van der Waals surface area (Å²) >= 11 is 5.13. The lowest BCUT2D eigenvalue weighted by atomic mass is 9.87. The number of nitro groups is 1. The molecule has 0 spiro atoms. The summed E-state index contributed by atoms with van der Waals surface area (Å²) in [6.45, 7) is 0.0961. The van der Waals surface area contributed by atoms with Crippen molar-refractivity contribution in [1.82, 2.24) is 10.6 Å². The number of nitro benzene ring substituents is 1. The average molecular weight is 441 g/mol. The molecular weight excluding hydrogens is 422 g/mol. The molecule has 2 rings (SSSR count). The molecule has 1 atom stereocenters. The first-order chi connectivity index (χ1) is 14.8. The first-order valence-corrected chi connectivity index (χ1v) is 9.46. The number of aromatic hydroxyl groups is 1. The van der Waals surface area contributed by atoms with E-state index in [-0.39, 0.29) is 35.5 Å². The highest BCUT2D eigenvalue weighted by atomic mass is 32.1. The smallest absolute Gasteiger partial charge is 0.317 e. The Morgan fingerprint density at radius 3 is 2.52 bits per heavy atom. The molecule has 10 nitrogen and oxygen atoms in total. The summed E-state index contributed by atoms with van der Waals surface area (Å²) < 4.78 is 0. The number of urea groups is 1. The highest BCUT2D eigenvalue weighted by Gasteiger charge is 2.31. The molecule has 0 aliphatic carbocycles. The molecule has 5 N–H and O–H groups in total. The number of carbonyl (C=O) groups is 2. The molecule has 3 amide bonds. The van der Waals surface area contributed by atoms with Crippen molar-refractivity contribution in [1.29, 1.82) is 5.26 Å². The van der Waals surface area contributed by atoms with Crippen LogP contribution in [0.4, 0.5) is 10.5 Å². The van der Waals surface area contributed by atoms with Gasteiger partial charge in [0, 0.05) is 12.6 Å². The maximum absolute atomic E-state index is 13.0.